The minimum absolute atomic E-state index is 0.0761. The van der Waals surface area contributed by atoms with E-state index < -0.39 is 6.10 Å². The van der Waals surface area contributed by atoms with Crippen LogP contribution in [0.5, 0.6) is 11.5 Å². The number of aliphatic imine (C=N–C) groups is 1. The molecule has 0 amide bonds. The van der Waals surface area contributed by atoms with Crippen molar-refractivity contribution in [1.29, 1.82) is 0 Å². The zero-order valence-corrected chi connectivity index (χ0v) is 19.0. The van der Waals surface area contributed by atoms with Crippen molar-refractivity contribution in [1.82, 2.24) is 10.2 Å². The van der Waals surface area contributed by atoms with Crippen LogP contribution >= 0.6 is 11.6 Å². The molecule has 0 aliphatic carbocycles. The zero-order valence-electron chi connectivity index (χ0n) is 18.3. The lowest BCUT2D eigenvalue weighted by atomic mass is 10.1. The number of fused-ring (bicyclic) bond motifs is 2. The molecule has 2 aromatic carbocycles. The average Bonchev–Trinajstić information content (AvgIpc) is 2.89. The number of halogens is 1. The van der Waals surface area contributed by atoms with Crippen molar-refractivity contribution >= 4 is 29.1 Å². The largest absolute Gasteiger partial charge is 0.463 e. The van der Waals surface area contributed by atoms with E-state index in [4.69, 9.17) is 26.1 Å². The third-order valence-corrected chi connectivity index (χ3v) is 5.70. The molecule has 1 fully saturated rings. The number of aliphatic hydroxyl groups is 1. The molecule has 2 aromatic rings. The second kappa shape index (κ2) is 9.90. The Morgan fingerprint density at radius 1 is 1.31 bits per heavy atom. The standard InChI is InChI=1S/C24H28ClN3O4/c1-15(29)11-16(2)31-23(30)13-18-14-28(10-9-26-18)24-19-5-3-4-6-21(19)32-22-8-7-17(25)12-20(22)27-24/h3-8,12,15-16,18,26,29H,9-11,13-14H2,1-2H3/t15-,16?,18-/m0/s1. The van der Waals surface area contributed by atoms with Gasteiger partial charge in [0.25, 0.3) is 0 Å². The van der Waals surface area contributed by atoms with E-state index in [0.717, 1.165) is 23.7 Å². The summed E-state index contributed by atoms with van der Waals surface area (Å²) in [5.74, 6) is 1.90. The van der Waals surface area contributed by atoms with Crippen LogP contribution in [0.25, 0.3) is 0 Å². The molecule has 1 saturated heterocycles. The van der Waals surface area contributed by atoms with E-state index in [9.17, 15) is 9.90 Å². The number of esters is 1. The summed E-state index contributed by atoms with van der Waals surface area (Å²) in [5, 5.41) is 13.5. The molecule has 2 N–H and O–H groups in total. The van der Waals surface area contributed by atoms with Crippen molar-refractivity contribution in [2.45, 2.75) is 44.9 Å². The van der Waals surface area contributed by atoms with Crippen molar-refractivity contribution < 1.29 is 19.4 Å². The van der Waals surface area contributed by atoms with Gasteiger partial charge in [-0.05, 0) is 44.2 Å². The topological polar surface area (TPSA) is 83.4 Å². The summed E-state index contributed by atoms with van der Waals surface area (Å²) < 4.78 is 11.6. The van der Waals surface area contributed by atoms with E-state index in [1.165, 1.54) is 0 Å². The number of piperazine rings is 1. The number of amidine groups is 1. The summed E-state index contributed by atoms with van der Waals surface area (Å²) in [5.41, 5.74) is 1.57. The van der Waals surface area contributed by atoms with Crippen LogP contribution in [0.1, 0.15) is 32.3 Å². The van der Waals surface area contributed by atoms with Gasteiger partial charge in [-0.2, -0.15) is 0 Å². The van der Waals surface area contributed by atoms with E-state index in [1.54, 1.807) is 26.0 Å². The van der Waals surface area contributed by atoms with Gasteiger partial charge in [-0.1, -0.05) is 23.7 Å². The van der Waals surface area contributed by atoms with Gasteiger partial charge in [-0.3, -0.25) is 4.79 Å². The van der Waals surface area contributed by atoms with Crippen molar-refractivity contribution in [3.8, 4) is 11.5 Å². The van der Waals surface area contributed by atoms with Crippen LogP contribution in [0.2, 0.25) is 5.02 Å². The molecule has 0 spiro atoms. The molecule has 4 rings (SSSR count). The van der Waals surface area contributed by atoms with Crippen LogP contribution in [0, 0.1) is 0 Å². The molecule has 0 saturated carbocycles. The molecular formula is C24H28ClN3O4. The van der Waals surface area contributed by atoms with Crippen molar-refractivity contribution in [3.63, 3.8) is 0 Å². The highest BCUT2D eigenvalue weighted by atomic mass is 35.5. The van der Waals surface area contributed by atoms with E-state index in [2.05, 4.69) is 10.2 Å². The molecule has 7 nitrogen and oxygen atoms in total. The van der Waals surface area contributed by atoms with Gasteiger partial charge in [-0.25, -0.2) is 4.99 Å². The van der Waals surface area contributed by atoms with Gasteiger partial charge in [0.2, 0.25) is 0 Å². The SMILES string of the molecule is CC(C[C@H](C)O)OC(=O)C[C@H]1CN(C2=Nc3cc(Cl)ccc3Oc3ccccc32)CCN1. The first kappa shape index (κ1) is 22.6. The van der Waals surface area contributed by atoms with Crippen molar-refractivity contribution in [2.75, 3.05) is 19.6 Å². The van der Waals surface area contributed by atoms with Gasteiger partial charge in [0.15, 0.2) is 5.75 Å². The van der Waals surface area contributed by atoms with E-state index >= 15 is 0 Å². The Balaban J connectivity index is 1.53. The summed E-state index contributed by atoms with van der Waals surface area (Å²) in [7, 11) is 0. The van der Waals surface area contributed by atoms with Gasteiger partial charge in [0, 0.05) is 37.1 Å². The van der Waals surface area contributed by atoms with Gasteiger partial charge in [0.05, 0.1) is 18.1 Å². The summed E-state index contributed by atoms with van der Waals surface area (Å²) in [4.78, 5) is 19.5. The van der Waals surface area contributed by atoms with Crippen molar-refractivity contribution in [3.05, 3.63) is 53.1 Å². The fourth-order valence-electron chi connectivity index (χ4n) is 4.10. The quantitative estimate of drug-likeness (QED) is 0.663. The van der Waals surface area contributed by atoms with Gasteiger partial charge in [0.1, 0.15) is 23.4 Å². The van der Waals surface area contributed by atoms with Gasteiger partial charge in [-0.15, -0.1) is 0 Å². The number of nitrogens with one attached hydrogen (secondary N) is 1. The Labute approximate surface area is 193 Å². The minimum atomic E-state index is -0.506. The molecule has 3 atom stereocenters. The normalized spacial score (nSPS) is 19.6. The van der Waals surface area contributed by atoms with Gasteiger partial charge < -0.3 is 24.8 Å². The fourth-order valence-corrected chi connectivity index (χ4v) is 4.26. The lowest BCUT2D eigenvalue weighted by Gasteiger charge is -2.35. The molecule has 2 heterocycles. The third-order valence-electron chi connectivity index (χ3n) is 5.47. The number of hydrogen-bond acceptors (Lipinski definition) is 7. The van der Waals surface area contributed by atoms with Crippen LogP contribution in [0.3, 0.4) is 0 Å². The molecule has 2 aliphatic heterocycles. The first-order valence-corrected chi connectivity index (χ1v) is 11.3. The summed E-state index contributed by atoms with van der Waals surface area (Å²) in [6.45, 7) is 5.54. The second-order valence-corrected chi connectivity index (χ2v) is 8.77. The van der Waals surface area contributed by atoms with Crippen LogP contribution in [0.15, 0.2) is 47.5 Å². The Kier molecular flexibility index (Phi) is 6.98. The summed E-state index contributed by atoms with van der Waals surface area (Å²) in [6.07, 6.45) is -0.160. The monoisotopic (exact) mass is 457 g/mol. The lowest BCUT2D eigenvalue weighted by molar-refractivity contribution is -0.150. The highest BCUT2D eigenvalue weighted by Crippen LogP contribution is 2.39. The Morgan fingerprint density at radius 2 is 2.12 bits per heavy atom. The lowest BCUT2D eigenvalue weighted by Crippen LogP contribution is -2.53. The average molecular weight is 458 g/mol. The Hall–Kier alpha value is -2.61. The summed E-state index contributed by atoms with van der Waals surface area (Å²) in [6, 6.07) is 13.1. The highest BCUT2D eigenvalue weighted by molar-refractivity contribution is 6.31. The number of carbonyl (C=O) groups excluding carboxylic acids is 1. The van der Waals surface area contributed by atoms with E-state index in [0.29, 0.717) is 36.0 Å². The molecule has 1 unspecified atom stereocenters. The number of hydrogen-bond donors (Lipinski definition) is 2. The number of ether oxygens (including phenoxy) is 2. The predicted molar refractivity (Wildman–Crippen MR) is 124 cm³/mol. The molecule has 2 aliphatic rings. The molecular weight excluding hydrogens is 430 g/mol. The van der Waals surface area contributed by atoms with E-state index in [1.807, 2.05) is 30.3 Å². The molecule has 32 heavy (non-hydrogen) atoms. The molecule has 170 valence electrons. The highest BCUT2D eigenvalue weighted by Gasteiger charge is 2.28. The first-order chi connectivity index (χ1) is 15.4. The zero-order chi connectivity index (χ0) is 22.7. The number of rotatable bonds is 5. The maximum Gasteiger partial charge on any atom is 0.307 e. The number of aliphatic hydroxyl groups excluding tert-OH is 1. The number of carbonyl (C=O) groups is 1. The Bertz CT molecular complexity index is 1010. The minimum Gasteiger partial charge on any atom is -0.463 e. The second-order valence-electron chi connectivity index (χ2n) is 8.33. The molecule has 8 heteroatoms. The first-order valence-electron chi connectivity index (χ1n) is 10.9. The number of nitrogens with zero attached hydrogens (tertiary/aromatic N) is 2. The molecule has 0 bridgehead atoms. The van der Waals surface area contributed by atoms with E-state index in [-0.39, 0.29) is 24.5 Å². The van der Waals surface area contributed by atoms with Crippen LogP contribution < -0.4 is 10.1 Å². The van der Waals surface area contributed by atoms with Crippen molar-refractivity contribution in [2.24, 2.45) is 4.99 Å². The number of para-hydroxylation sites is 1. The molecule has 0 radical (unpaired) electrons. The maximum absolute atomic E-state index is 12.4. The Morgan fingerprint density at radius 3 is 2.94 bits per heavy atom. The molecule has 0 aromatic heterocycles. The van der Waals surface area contributed by atoms with Crippen LogP contribution in [-0.2, 0) is 9.53 Å². The third kappa shape index (κ3) is 5.41. The fraction of sp³-hybridized carbons (Fsp3) is 0.417. The summed E-state index contributed by atoms with van der Waals surface area (Å²) >= 11 is 6.21. The number of benzene rings is 2. The maximum atomic E-state index is 12.4. The van der Waals surface area contributed by atoms with Crippen LogP contribution in [0.4, 0.5) is 5.69 Å². The predicted octanol–water partition coefficient (Wildman–Crippen LogP) is 3.89. The van der Waals surface area contributed by atoms with Crippen LogP contribution in [-0.4, -0.2) is 59.7 Å². The smallest absolute Gasteiger partial charge is 0.307 e. The van der Waals surface area contributed by atoms with Gasteiger partial charge >= 0.3 is 5.97 Å².